The molecule has 5 heteroatoms. The first kappa shape index (κ1) is 9.51. The van der Waals surface area contributed by atoms with Crippen molar-refractivity contribution < 1.29 is 14.4 Å². The van der Waals surface area contributed by atoms with E-state index in [-0.39, 0.29) is 5.69 Å². The number of rotatable bonds is 2. The Morgan fingerprint density at radius 2 is 1.73 bits per heavy atom. The number of nitro benzene ring substituents is 1. The van der Waals surface area contributed by atoms with Crippen molar-refractivity contribution in [2.45, 2.75) is 12.7 Å². The molecule has 0 saturated heterocycles. The van der Waals surface area contributed by atoms with E-state index in [0.717, 1.165) is 5.56 Å². The highest BCUT2D eigenvalue weighted by molar-refractivity contribution is 5.34. The zero-order valence-corrected chi connectivity index (χ0v) is 8.04. The van der Waals surface area contributed by atoms with Gasteiger partial charge in [0.1, 0.15) is 12.5 Å². The number of nitro groups is 1. The van der Waals surface area contributed by atoms with E-state index < -0.39 is 10.7 Å². The molecule has 1 aromatic rings. The highest BCUT2D eigenvalue weighted by Crippen LogP contribution is 2.32. The Bertz CT molecular complexity index is 402. The smallest absolute Gasteiger partial charge is 0.273 e. The van der Waals surface area contributed by atoms with Crippen molar-refractivity contribution in [3.05, 3.63) is 52.5 Å². The average molecular weight is 207 g/mol. The van der Waals surface area contributed by atoms with Crippen LogP contribution < -0.4 is 0 Å². The van der Waals surface area contributed by atoms with Crippen LogP contribution in [-0.4, -0.2) is 4.92 Å². The number of hydrogen-bond acceptors (Lipinski definition) is 4. The Morgan fingerprint density at radius 1 is 1.20 bits per heavy atom. The Kier molecular flexibility index (Phi) is 2.07. The molecule has 0 saturated carbocycles. The molecular formula is C10H9NO4. The van der Waals surface area contributed by atoms with E-state index in [2.05, 4.69) is 0 Å². The summed E-state index contributed by atoms with van der Waals surface area (Å²) in [6, 6.07) is 6.08. The predicted octanol–water partition coefficient (Wildman–Crippen LogP) is 2.29. The summed E-state index contributed by atoms with van der Waals surface area (Å²) in [7, 11) is 0. The van der Waals surface area contributed by atoms with Crippen LogP contribution in [0.25, 0.3) is 0 Å². The summed E-state index contributed by atoms with van der Waals surface area (Å²) < 4.78 is 10.5. The lowest BCUT2D eigenvalue weighted by atomic mass is 10.1. The molecule has 0 N–H and O–H groups in total. The Labute approximate surface area is 86.1 Å². The van der Waals surface area contributed by atoms with Crippen LogP contribution >= 0.6 is 0 Å². The zero-order valence-electron chi connectivity index (χ0n) is 8.04. The second-order valence-corrected chi connectivity index (χ2v) is 3.26. The van der Waals surface area contributed by atoms with Crippen LogP contribution in [-0.2, 0) is 15.3 Å². The van der Waals surface area contributed by atoms with Gasteiger partial charge in [-0.3, -0.25) is 10.1 Å². The minimum Gasteiger partial charge on any atom is -0.453 e. The summed E-state index contributed by atoms with van der Waals surface area (Å²) in [6.07, 6.45) is 2.89. The summed E-state index contributed by atoms with van der Waals surface area (Å²) in [5.74, 6) is -0.866. The fourth-order valence-electron chi connectivity index (χ4n) is 1.36. The van der Waals surface area contributed by atoms with Gasteiger partial charge in [0.2, 0.25) is 0 Å². The second kappa shape index (κ2) is 3.27. The third-order valence-electron chi connectivity index (χ3n) is 2.24. The average Bonchev–Trinajstić information content (AvgIpc) is 2.67. The van der Waals surface area contributed by atoms with Gasteiger partial charge < -0.3 is 9.47 Å². The molecule has 1 aromatic carbocycles. The molecule has 0 amide bonds. The molecule has 0 fully saturated rings. The standard InChI is InChI=1S/C10H9NO4/c1-10(14-6-7-15-10)8-2-4-9(5-3-8)11(12)13/h2-7H,1H3. The minimum atomic E-state index is -0.866. The van der Waals surface area contributed by atoms with Gasteiger partial charge in [-0.15, -0.1) is 0 Å². The molecule has 1 heterocycles. The number of ether oxygens (including phenoxy) is 2. The van der Waals surface area contributed by atoms with Gasteiger partial charge in [-0.2, -0.15) is 0 Å². The first-order valence-corrected chi connectivity index (χ1v) is 4.37. The summed E-state index contributed by atoms with van der Waals surface area (Å²) in [5.41, 5.74) is 0.784. The molecule has 15 heavy (non-hydrogen) atoms. The lowest BCUT2D eigenvalue weighted by Gasteiger charge is -2.22. The molecule has 5 nitrogen and oxygen atoms in total. The van der Waals surface area contributed by atoms with Crippen LogP contribution in [0.3, 0.4) is 0 Å². The van der Waals surface area contributed by atoms with Gasteiger partial charge in [-0.25, -0.2) is 0 Å². The molecule has 0 unspecified atom stereocenters. The van der Waals surface area contributed by atoms with E-state index >= 15 is 0 Å². The van der Waals surface area contributed by atoms with Crippen molar-refractivity contribution in [3.63, 3.8) is 0 Å². The third kappa shape index (κ3) is 1.63. The summed E-state index contributed by atoms with van der Waals surface area (Å²) in [4.78, 5) is 10.0. The Hall–Kier alpha value is -2.04. The fourth-order valence-corrected chi connectivity index (χ4v) is 1.36. The van der Waals surface area contributed by atoms with E-state index in [1.807, 2.05) is 0 Å². The minimum absolute atomic E-state index is 0.0494. The number of hydrogen-bond donors (Lipinski definition) is 0. The van der Waals surface area contributed by atoms with E-state index in [1.165, 1.54) is 24.7 Å². The molecule has 0 aliphatic carbocycles. The van der Waals surface area contributed by atoms with E-state index in [0.29, 0.717) is 0 Å². The molecular weight excluding hydrogens is 198 g/mol. The topological polar surface area (TPSA) is 61.6 Å². The molecule has 1 aliphatic rings. The van der Waals surface area contributed by atoms with Gasteiger partial charge in [0.15, 0.2) is 0 Å². The molecule has 0 aromatic heterocycles. The van der Waals surface area contributed by atoms with Crippen LogP contribution in [0.15, 0.2) is 36.8 Å². The first-order valence-electron chi connectivity index (χ1n) is 4.37. The Balaban J connectivity index is 2.27. The number of benzene rings is 1. The third-order valence-corrected chi connectivity index (χ3v) is 2.24. The van der Waals surface area contributed by atoms with Gasteiger partial charge >= 0.3 is 0 Å². The van der Waals surface area contributed by atoms with Crippen LogP contribution in [0, 0.1) is 10.1 Å². The Morgan fingerprint density at radius 3 is 2.20 bits per heavy atom. The largest absolute Gasteiger partial charge is 0.453 e. The molecule has 0 radical (unpaired) electrons. The van der Waals surface area contributed by atoms with Crippen molar-refractivity contribution in [2.24, 2.45) is 0 Å². The SMILES string of the molecule is CC1(c2ccc([N+](=O)[O-])cc2)OC=CO1. The van der Waals surface area contributed by atoms with Crippen molar-refractivity contribution in [1.82, 2.24) is 0 Å². The number of nitrogens with zero attached hydrogens (tertiary/aromatic N) is 1. The number of non-ortho nitro benzene ring substituents is 1. The normalized spacial score (nSPS) is 16.9. The van der Waals surface area contributed by atoms with Crippen LogP contribution in [0.2, 0.25) is 0 Å². The lowest BCUT2D eigenvalue weighted by Crippen LogP contribution is -2.21. The maximum atomic E-state index is 10.4. The predicted molar refractivity (Wildman–Crippen MR) is 51.8 cm³/mol. The molecule has 0 spiro atoms. The summed E-state index contributed by atoms with van der Waals surface area (Å²) >= 11 is 0. The van der Waals surface area contributed by atoms with Crippen molar-refractivity contribution >= 4 is 5.69 Å². The van der Waals surface area contributed by atoms with Crippen LogP contribution in [0.1, 0.15) is 12.5 Å². The molecule has 1 aliphatic heterocycles. The van der Waals surface area contributed by atoms with Crippen molar-refractivity contribution in [3.8, 4) is 0 Å². The van der Waals surface area contributed by atoms with Gasteiger partial charge in [0.05, 0.1) is 4.92 Å². The zero-order chi connectivity index (χ0) is 10.9. The van der Waals surface area contributed by atoms with E-state index in [1.54, 1.807) is 19.1 Å². The van der Waals surface area contributed by atoms with Gasteiger partial charge in [-0.05, 0) is 12.1 Å². The van der Waals surface area contributed by atoms with Crippen molar-refractivity contribution in [2.75, 3.05) is 0 Å². The molecule has 78 valence electrons. The maximum Gasteiger partial charge on any atom is 0.273 e. The summed E-state index contributed by atoms with van der Waals surface area (Å²) in [6.45, 7) is 1.74. The highest BCUT2D eigenvalue weighted by atomic mass is 16.7. The molecule has 0 atom stereocenters. The quantitative estimate of drug-likeness (QED) is 0.551. The molecule has 0 bridgehead atoms. The van der Waals surface area contributed by atoms with Gasteiger partial charge in [0.25, 0.3) is 11.5 Å². The van der Waals surface area contributed by atoms with E-state index in [9.17, 15) is 10.1 Å². The van der Waals surface area contributed by atoms with Crippen LogP contribution in [0.5, 0.6) is 0 Å². The lowest BCUT2D eigenvalue weighted by molar-refractivity contribution is -0.384. The van der Waals surface area contributed by atoms with Gasteiger partial charge in [-0.1, -0.05) is 0 Å². The van der Waals surface area contributed by atoms with Crippen LogP contribution in [0.4, 0.5) is 5.69 Å². The monoisotopic (exact) mass is 207 g/mol. The first-order chi connectivity index (χ1) is 7.12. The summed E-state index contributed by atoms with van der Waals surface area (Å²) in [5, 5.41) is 10.4. The maximum absolute atomic E-state index is 10.4. The second-order valence-electron chi connectivity index (χ2n) is 3.26. The fraction of sp³-hybridized carbons (Fsp3) is 0.200. The highest BCUT2D eigenvalue weighted by Gasteiger charge is 2.32. The van der Waals surface area contributed by atoms with E-state index in [4.69, 9.17) is 9.47 Å². The van der Waals surface area contributed by atoms with Gasteiger partial charge in [0, 0.05) is 24.6 Å². The van der Waals surface area contributed by atoms with Crippen molar-refractivity contribution in [1.29, 1.82) is 0 Å². The molecule has 2 rings (SSSR count).